The number of carbonyl (C=O) groups is 1. The number of hydrogen-bond donors (Lipinski definition) is 3. The van der Waals surface area contributed by atoms with Gasteiger partial charge in [0.1, 0.15) is 5.82 Å². The monoisotopic (exact) mass is 475 g/mol. The zero-order valence-corrected chi connectivity index (χ0v) is 20.3. The van der Waals surface area contributed by atoms with Crippen LogP contribution in [0.5, 0.6) is 11.5 Å². The lowest BCUT2D eigenvalue weighted by atomic mass is 9.91. The fourth-order valence-corrected chi connectivity index (χ4v) is 4.79. The Morgan fingerprint density at radius 1 is 0.943 bits per heavy atom. The van der Waals surface area contributed by atoms with Crippen LogP contribution < -0.4 is 30.3 Å². The largest absolute Gasteiger partial charge is 0.490 e. The second-order valence-corrected chi connectivity index (χ2v) is 9.44. The highest BCUT2D eigenvalue weighted by Gasteiger charge is 2.23. The SMILES string of the molecule is CN(C)c1cc(NC2CCC(NC(=O)Nc3ccc4c(c3)OCCCO4)CC2)nc2ccccc12. The molecular weight excluding hydrogens is 442 g/mol. The Hall–Kier alpha value is -3.68. The maximum atomic E-state index is 12.6. The number of amides is 2. The second kappa shape index (κ2) is 10.3. The first-order chi connectivity index (χ1) is 17.0. The van der Waals surface area contributed by atoms with Crippen molar-refractivity contribution in [2.45, 2.75) is 44.2 Å². The molecular formula is C27H33N5O3. The van der Waals surface area contributed by atoms with Crippen molar-refractivity contribution in [2.75, 3.05) is 42.8 Å². The smallest absolute Gasteiger partial charge is 0.319 e. The van der Waals surface area contributed by atoms with E-state index in [9.17, 15) is 4.79 Å². The van der Waals surface area contributed by atoms with Crippen LogP contribution in [0.1, 0.15) is 32.1 Å². The summed E-state index contributed by atoms with van der Waals surface area (Å²) >= 11 is 0. The van der Waals surface area contributed by atoms with Crippen molar-refractivity contribution in [1.29, 1.82) is 0 Å². The van der Waals surface area contributed by atoms with E-state index in [1.807, 2.05) is 30.3 Å². The third-order valence-corrected chi connectivity index (χ3v) is 6.60. The van der Waals surface area contributed by atoms with Crippen molar-refractivity contribution in [3.8, 4) is 11.5 Å². The number of carbonyl (C=O) groups excluding carboxylic acids is 1. The van der Waals surface area contributed by atoms with E-state index in [0.29, 0.717) is 30.7 Å². The number of benzene rings is 2. The summed E-state index contributed by atoms with van der Waals surface area (Å²) in [6, 6.07) is 16.1. The number of nitrogens with one attached hydrogen (secondary N) is 3. The van der Waals surface area contributed by atoms with E-state index in [0.717, 1.165) is 60.3 Å². The molecule has 5 rings (SSSR count). The van der Waals surface area contributed by atoms with Crippen molar-refractivity contribution in [1.82, 2.24) is 10.3 Å². The summed E-state index contributed by atoms with van der Waals surface area (Å²) < 4.78 is 11.4. The van der Waals surface area contributed by atoms with Gasteiger partial charge in [0.05, 0.1) is 18.7 Å². The van der Waals surface area contributed by atoms with Gasteiger partial charge in [-0.25, -0.2) is 9.78 Å². The van der Waals surface area contributed by atoms with Crippen LogP contribution in [0.3, 0.4) is 0 Å². The van der Waals surface area contributed by atoms with Gasteiger partial charge < -0.3 is 30.3 Å². The van der Waals surface area contributed by atoms with E-state index in [2.05, 4.69) is 53.1 Å². The van der Waals surface area contributed by atoms with Crippen molar-refractivity contribution in [3.05, 3.63) is 48.5 Å². The van der Waals surface area contributed by atoms with Crippen LogP contribution in [0.4, 0.5) is 22.0 Å². The van der Waals surface area contributed by atoms with Gasteiger partial charge in [0.25, 0.3) is 0 Å². The Labute approximate surface area is 206 Å². The molecule has 3 N–H and O–H groups in total. The number of anilines is 3. The summed E-state index contributed by atoms with van der Waals surface area (Å²) in [6.45, 7) is 1.26. The minimum atomic E-state index is -0.192. The van der Waals surface area contributed by atoms with Gasteiger partial charge in [-0.2, -0.15) is 0 Å². The first-order valence-corrected chi connectivity index (χ1v) is 12.4. The Kier molecular flexibility index (Phi) is 6.79. The Bertz CT molecular complexity index is 1190. The van der Waals surface area contributed by atoms with Crippen LogP contribution in [-0.2, 0) is 0 Å². The molecule has 2 heterocycles. The lowest BCUT2D eigenvalue weighted by Gasteiger charge is -2.30. The molecule has 0 atom stereocenters. The molecule has 35 heavy (non-hydrogen) atoms. The molecule has 8 heteroatoms. The standard InChI is InChI=1S/C27H33N5O3/c1-32(2)23-17-26(31-22-7-4-3-6-21(22)23)28-18-8-10-19(11-9-18)29-27(33)30-20-12-13-24-25(16-20)35-15-5-14-34-24/h3-4,6-7,12-13,16-19H,5,8-11,14-15H2,1-2H3,(H,28,31)(H2,29,30,33). The number of rotatable bonds is 5. The van der Waals surface area contributed by atoms with E-state index < -0.39 is 0 Å². The van der Waals surface area contributed by atoms with E-state index in [-0.39, 0.29) is 12.1 Å². The second-order valence-electron chi connectivity index (χ2n) is 9.44. The van der Waals surface area contributed by atoms with Gasteiger partial charge in [0.15, 0.2) is 11.5 Å². The number of aromatic nitrogens is 1. The van der Waals surface area contributed by atoms with Crippen molar-refractivity contribution < 1.29 is 14.3 Å². The highest BCUT2D eigenvalue weighted by atomic mass is 16.5. The van der Waals surface area contributed by atoms with Gasteiger partial charge in [0.2, 0.25) is 0 Å². The van der Waals surface area contributed by atoms with Crippen LogP contribution in [0.2, 0.25) is 0 Å². The van der Waals surface area contributed by atoms with Gasteiger partial charge in [-0.3, -0.25) is 0 Å². The summed E-state index contributed by atoms with van der Waals surface area (Å²) in [5.41, 5.74) is 2.84. The summed E-state index contributed by atoms with van der Waals surface area (Å²) in [7, 11) is 4.11. The topological polar surface area (TPSA) is 87.8 Å². The predicted molar refractivity (Wildman–Crippen MR) is 140 cm³/mol. The number of fused-ring (bicyclic) bond motifs is 2. The molecule has 0 saturated heterocycles. The molecule has 8 nitrogen and oxygen atoms in total. The molecule has 0 radical (unpaired) electrons. The summed E-state index contributed by atoms with van der Waals surface area (Å²) in [6.07, 6.45) is 4.63. The molecule has 0 bridgehead atoms. The fourth-order valence-electron chi connectivity index (χ4n) is 4.79. The van der Waals surface area contributed by atoms with Crippen molar-refractivity contribution >= 4 is 34.1 Å². The lowest BCUT2D eigenvalue weighted by molar-refractivity contribution is 0.243. The van der Waals surface area contributed by atoms with Crippen molar-refractivity contribution in [2.24, 2.45) is 0 Å². The third-order valence-electron chi connectivity index (χ3n) is 6.60. The molecule has 2 aliphatic rings. The molecule has 1 fully saturated rings. The van der Waals surface area contributed by atoms with Crippen LogP contribution in [0, 0.1) is 0 Å². The number of hydrogen-bond acceptors (Lipinski definition) is 6. The molecule has 0 spiro atoms. The molecule has 1 saturated carbocycles. The molecule has 2 amide bonds. The fraction of sp³-hybridized carbons (Fsp3) is 0.407. The van der Waals surface area contributed by atoms with Gasteiger partial charge >= 0.3 is 6.03 Å². The van der Waals surface area contributed by atoms with Crippen LogP contribution in [0.15, 0.2) is 48.5 Å². The minimum absolute atomic E-state index is 0.148. The van der Waals surface area contributed by atoms with E-state index in [4.69, 9.17) is 14.5 Å². The van der Waals surface area contributed by atoms with Crippen LogP contribution in [-0.4, -0.2) is 50.4 Å². The molecule has 2 aromatic carbocycles. The molecule has 184 valence electrons. The quantitative estimate of drug-likeness (QED) is 0.481. The van der Waals surface area contributed by atoms with Gasteiger partial charge in [-0.1, -0.05) is 18.2 Å². The maximum absolute atomic E-state index is 12.6. The van der Waals surface area contributed by atoms with E-state index in [1.165, 1.54) is 0 Å². The Morgan fingerprint density at radius 2 is 1.69 bits per heavy atom. The lowest BCUT2D eigenvalue weighted by Crippen LogP contribution is -2.42. The zero-order valence-electron chi connectivity index (χ0n) is 20.3. The van der Waals surface area contributed by atoms with Gasteiger partial charge in [-0.15, -0.1) is 0 Å². The van der Waals surface area contributed by atoms with Gasteiger partial charge in [-0.05, 0) is 43.9 Å². The van der Waals surface area contributed by atoms with Crippen molar-refractivity contribution in [3.63, 3.8) is 0 Å². The highest BCUT2D eigenvalue weighted by molar-refractivity contribution is 5.93. The average Bonchev–Trinajstić information content (AvgIpc) is 3.10. The third kappa shape index (κ3) is 5.53. The van der Waals surface area contributed by atoms with Crippen LogP contribution in [0.25, 0.3) is 10.9 Å². The first-order valence-electron chi connectivity index (χ1n) is 12.4. The number of urea groups is 1. The number of para-hydroxylation sites is 1. The first kappa shape index (κ1) is 23.1. The zero-order chi connectivity index (χ0) is 24.2. The highest BCUT2D eigenvalue weighted by Crippen LogP contribution is 2.32. The van der Waals surface area contributed by atoms with Crippen LogP contribution >= 0.6 is 0 Å². The summed E-state index contributed by atoms with van der Waals surface area (Å²) in [5, 5.41) is 10.8. The maximum Gasteiger partial charge on any atom is 0.319 e. The minimum Gasteiger partial charge on any atom is -0.490 e. The molecule has 1 aliphatic carbocycles. The van der Waals surface area contributed by atoms with Gasteiger partial charge in [0, 0.05) is 61.5 Å². The molecule has 1 aromatic heterocycles. The Morgan fingerprint density at radius 3 is 2.49 bits per heavy atom. The predicted octanol–water partition coefficient (Wildman–Crippen LogP) is 5.01. The summed E-state index contributed by atoms with van der Waals surface area (Å²) in [4.78, 5) is 19.5. The summed E-state index contributed by atoms with van der Waals surface area (Å²) in [5.74, 6) is 2.29. The normalized spacial score (nSPS) is 19.5. The number of nitrogens with zero attached hydrogens (tertiary/aromatic N) is 2. The molecule has 0 unspecified atom stereocenters. The average molecular weight is 476 g/mol. The molecule has 3 aromatic rings. The number of pyridine rings is 1. The Balaban J connectivity index is 1.14. The van der Waals surface area contributed by atoms with E-state index >= 15 is 0 Å². The van der Waals surface area contributed by atoms with E-state index in [1.54, 1.807) is 0 Å². The molecule has 1 aliphatic heterocycles. The number of ether oxygens (including phenoxy) is 2.